The summed E-state index contributed by atoms with van der Waals surface area (Å²) in [6, 6.07) is 9.57. The summed E-state index contributed by atoms with van der Waals surface area (Å²) in [4.78, 5) is 28.7. The van der Waals surface area contributed by atoms with Gasteiger partial charge in [0.15, 0.2) is 11.9 Å². The number of aliphatic hydroxyl groups excluding tert-OH is 1. The molecule has 4 rings (SSSR count). The normalized spacial score (nSPS) is 14.1. The van der Waals surface area contributed by atoms with E-state index in [0.29, 0.717) is 45.1 Å². The lowest BCUT2D eigenvalue weighted by molar-refractivity contribution is -0.385. The molecule has 1 atom stereocenters. The third-order valence-corrected chi connectivity index (χ3v) is 6.16. The number of hydrogen-bond acceptors (Lipinski definition) is 8. The van der Waals surface area contributed by atoms with E-state index in [9.17, 15) is 20.0 Å². The second-order valence-electron chi connectivity index (χ2n) is 7.08. The molecule has 0 saturated carbocycles. The van der Waals surface area contributed by atoms with E-state index in [1.165, 1.54) is 28.5 Å². The van der Waals surface area contributed by atoms with Crippen LogP contribution in [0.15, 0.2) is 46.3 Å². The van der Waals surface area contributed by atoms with Gasteiger partial charge in [-0.15, -0.1) is 0 Å². The standard InChI is InChI=1S/C21H21N3O6S/c1-2-15(9-25)23-20(26)17-5-3-4-6-18(17)22-21(23)31-11-14-8-16(24(27)28)7-13-10-29-12-30-19(13)14/h3-8,15,25H,2,9-12H2,1H3/t15-/m0/s1. The number of rotatable bonds is 7. The lowest BCUT2D eigenvalue weighted by Gasteiger charge is -2.22. The largest absolute Gasteiger partial charge is 0.467 e. The Labute approximate surface area is 181 Å². The molecule has 0 spiro atoms. The molecule has 0 bridgehead atoms. The number of aliphatic hydroxyl groups is 1. The third kappa shape index (κ3) is 4.14. The number of fused-ring (bicyclic) bond motifs is 2. The molecule has 31 heavy (non-hydrogen) atoms. The van der Waals surface area contributed by atoms with Crippen LogP contribution in [0.5, 0.6) is 5.75 Å². The van der Waals surface area contributed by atoms with Gasteiger partial charge in [0.2, 0.25) is 0 Å². The zero-order valence-electron chi connectivity index (χ0n) is 16.8. The van der Waals surface area contributed by atoms with Crippen LogP contribution >= 0.6 is 11.8 Å². The molecule has 0 aliphatic carbocycles. The summed E-state index contributed by atoms with van der Waals surface area (Å²) < 4.78 is 12.4. The van der Waals surface area contributed by atoms with E-state index < -0.39 is 11.0 Å². The smallest absolute Gasteiger partial charge is 0.270 e. The average molecular weight is 443 g/mol. The van der Waals surface area contributed by atoms with Gasteiger partial charge in [-0.2, -0.15) is 0 Å². The highest BCUT2D eigenvalue weighted by Crippen LogP contribution is 2.36. The molecule has 0 amide bonds. The second-order valence-corrected chi connectivity index (χ2v) is 8.02. The molecule has 0 saturated heterocycles. The van der Waals surface area contributed by atoms with Crippen LogP contribution in [0.3, 0.4) is 0 Å². The van der Waals surface area contributed by atoms with Crippen molar-refractivity contribution in [3.05, 3.63) is 68.0 Å². The highest BCUT2D eigenvalue weighted by molar-refractivity contribution is 7.98. The number of non-ortho nitro benzene ring substituents is 1. The molecular formula is C21H21N3O6S. The number of benzene rings is 2. The van der Waals surface area contributed by atoms with E-state index in [0.717, 1.165) is 0 Å². The van der Waals surface area contributed by atoms with Crippen molar-refractivity contribution in [3.63, 3.8) is 0 Å². The van der Waals surface area contributed by atoms with Crippen LogP contribution < -0.4 is 10.3 Å². The number of ether oxygens (including phenoxy) is 2. The quantitative estimate of drug-likeness (QED) is 0.256. The molecular weight excluding hydrogens is 422 g/mol. The first-order valence-corrected chi connectivity index (χ1v) is 10.8. The number of nitro benzene ring substituents is 1. The Kier molecular flexibility index (Phi) is 6.21. The van der Waals surface area contributed by atoms with Crippen molar-refractivity contribution >= 4 is 28.4 Å². The predicted octanol–water partition coefficient (Wildman–Crippen LogP) is 3.41. The van der Waals surface area contributed by atoms with Gasteiger partial charge in [0.25, 0.3) is 11.2 Å². The van der Waals surface area contributed by atoms with E-state index in [-0.39, 0.29) is 31.3 Å². The molecule has 162 valence electrons. The van der Waals surface area contributed by atoms with Crippen LogP contribution in [-0.4, -0.2) is 33.0 Å². The molecule has 1 aliphatic rings. The van der Waals surface area contributed by atoms with Gasteiger partial charge < -0.3 is 14.6 Å². The molecule has 3 aromatic rings. The van der Waals surface area contributed by atoms with Crippen molar-refractivity contribution in [2.24, 2.45) is 0 Å². The van der Waals surface area contributed by atoms with Gasteiger partial charge in [0.1, 0.15) is 5.75 Å². The SMILES string of the molecule is CC[C@@H](CO)n1c(SCc2cc([N+](=O)[O-])cc3c2OCOC3)nc2ccccc2c1=O. The lowest BCUT2D eigenvalue weighted by Crippen LogP contribution is -2.29. The fourth-order valence-electron chi connectivity index (χ4n) is 3.58. The Morgan fingerprint density at radius 2 is 2.16 bits per heavy atom. The van der Waals surface area contributed by atoms with Gasteiger partial charge in [-0.25, -0.2) is 4.98 Å². The molecule has 1 aromatic heterocycles. The minimum atomic E-state index is -0.452. The van der Waals surface area contributed by atoms with Crippen LogP contribution in [0.1, 0.15) is 30.5 Å². The summed E-state index contributed by atoms with van der Waals surface area (Å²) in [5.74, 6) is 0.865. The lowest BCUT2D eigenvalue weighted by atomic mass is 10.1. The molecule has 2 heterocycles. The molecule has 1 N–H and O–H groups in total. The van der Waals surface area contributed by atoms with Gasteiger partial charge in [-0.3, -0.25) is 19.5 Å². The minimum Gasteiger partial charge on any atom is -0.467 e. The van der Waals surface area contributed by atoms with E-state index in [1.54, 1.807) is 18.2 Å². The summed E-state index contributed by atoms with van der Waals surface area (Å²) in [5, 5.41) is 22.1. The summed E-state index contributed by atoms with van der Waals surface area (Å²) in [6.45, 7) is 2.00. The van der Waals surface area contributed by atoms with Crippen LogP contribution in [0.4, 0.5) is 5.69 Å². The van der Waals surface area contributed by atoms with E-state index in [4.69, 9.17) is 9.47 Å². The number of nitro groups is 1. The van der Waals surface area contributed by atoms with Gasteiger partial charge in [0, 0.05) is 29.0 Å². The first kappa shape index (κ1) is 21.3. The Balaban J connectivity index is 1.77. The van der Waals surface area contributed by atoms with Gasteiger partial charge >= 0.3 is 0 Å². The summed E-state index contributed by atoms with van der Waals surface area (Å²) in [5.41, 5.74) is 1.53. The van der Waals surface area contributed by atoms with Crippen LogP contribution in [0.25, 0.3) is 10.9 Å². The molecule has 9 nitrogen and oxygen atoms in total. The van der Waals surface area contributed by atoms with Crippen molar-refractivity contribution in [3.8, 4) is 5.75 Å². The Hall–Kier alpha value is -2.95. The molecule has 2 aromatic carbocycles. The third-order valence-electron chi connectivity index (χ3n) is 5.16. The van der Waals surface area contributed by atoms with Crippen molar-refractivity contribution in [2.75, 3.05) is 13.4 Å². The minimum absolute atomic E-state index is 0.0471. The van der Waals surface area contributed by atoms with Gasteiger partial charge in [-0.1, -0.05) is 30.8 Å². The molecule has 10 heteroatoms. The fourth-order valence-corrected chi connectivity index (χ4v) is 4.61. The number of hydrogen-bond donors (Lipinski definition) is 1. The van der Waals surface area contributed by atoms with E-state index >= 15 is 0 Å². The van der Waals surface area contributed by atoms with Crippen molar-refractivity contribution < 1.29 is 19.5 Å². The maximum absolute atomic E-state index is 13.2. The summed E-state index contributed by atoms with van der Waals surface area (Å²) in [6.07, 6.45) is 0.552. The van der Waals surface area contributed by atoms with E-state index in [1.807, 2.05) is 13.0 Å². The zero-order chi connectivity index (χ0) is 22.0. The molecule has 0 unspecified atom stereocenters. The maximum Gasteiger partial charge on any atom is 0.270 e. The van der Waals surface area contributed by atoms with Crippen LogP contribution in [0.2, 0.25) is 0 Å². The maximum atomic E-state index is 13.2. The Bertz CT molecular complexity index is 1190. The highest BCUT2D eigenvalue weighted by atomic mass is 32.2. The van der Waals surface area contributed by atoms with Crippen molar-refractivity contribution in [1.29, 1.82) is 0 Å². The Morgan fingerprint density at radius 3 is 2.90 bits per heavy atom. The van der Waals surface area contributed by atoms with Gasteiger partial charge in [0.05, 0.1) is 35.1 Å². The first-order chi connectivity index (χ1) is 15.0. The van der Waals surface area contributed by atoms with Crippen molar-refractivity contribution in [1.82, 2.24) is 9.55 Å². The molecule has 1 aliphatic heterocycles. The Morgan fingerprint density at radius 1 is 1.35 bits per heavy atom. The summed E-state index contributed by atoms with van der Waals surface area (Å²) in [7, 11) is 0. The van der Waals surface area contributed by atoms with E-state index in [2.05, 4.69) is 4.98 Å². The zero-order valence-corrected chi connectivity index (χ0v) is 17.6. The van der Waals surface area contributed by atoms with Crippen molar-refractivity contribution in [2.45, 2.75) is 36.9 Å². The monoisotopic (exact) mass is 443 g/mol. The number of para-hydroxylation sites is 1. The second kappa shape index (κ2) is 9.04. The van der Waals surface area contributed by atoms with Crippen LogP contribution in [0, 0.1) is 10.1 Å². The molecule has 0 fully saturated rings. The number of nitrogens with zero attached hydrogens (tertiary/aromatic N) is 3. The number of aromatic nitrogens is 2. The average Bonchev–Trinajstić information content (AvgIpc) is 2.79. The summed E-state index contributed by atoms with van der Waals surface area (Å²) >= 11 is 1.28. The van der Waals surface area contributed by atoms with Crippen LogP contribution in [-0.2, 0) is 17.1 Å². The fraction of sp³-hybridized carbons (Fsp3) is 0.333. The number of thioether (sulfide) groups is 1. The predicted molar refractivity (Wildman–Crippen MR) is 115 cm³/mol. The van der Waals surface area contributed by atoms with Gasteiger partial charge in [-0.05, 0) is 18.6 Å². The molecule has 0 radical (unpaired) electrons. The highest BCUT2D eigenvalue weighted by Gasteiger charge is 2.23. The topological polar surface area (TPSA) is 117 Å². The first-order valence-electron chi connectivity index (χ1n) is 9.79.